The Morgan fingerprint density at radius 2 is 1.54 bits per heavy atom. The van der Waals surface area contributed by atoms with Crippen LogP contribution in [0.5, 0.6) is 0 Å². The van der Waals surface area contributed by atoms with Gasteiger partial charge in [-0.2, -0.15) is 0 Å². The van der Waals surface area contributed by atoms with Crippen molar-refractivity contribution < 1.29 is 5.11 Å². The average Bonchev–Trinajstić information content (AvgIpc) is 2.27. The summed E-state index contributed by atoms with van der Waals surface area (Å²) >= 11 is 0. The molecule has 0 aromatic heterocycles. The van der Waals surface area contributed by atoms with E-state index in [1.54, 1.807) is 0 Å². The van der Waals surface area contributed by atoms with Crippen molar-refractivity contribution in [3.8, 4) is 0 Å². The zero-order valence-corrected chi connectivity index (χ0v) is 8.18. The predicted octanol–water partition coefficient (Wildman–Crippen LogP) is 0.372. The first-order chi connectivity index (χ1) is 6.16. The first kappa shape index (κ1) is 9.44. The number of nitrogens with two attached hydrogens (primary N) is 1. The summed E-state index contributed by atoms with van der Waals surface area (Å²) in [5, 5.41) is 13.3. The Hall–Kier alpha value is -0.120. The van der Waals surface area contributed by atoms with Gasteiger partial charge in [-0.1, -0.05) is 25.7 Å². The van der Waals surface area contributed by atoms with Crippen LogP contribution in [0.3, 0.4) is 0 Å². The van der Waals surface area contributed by atoms with E-state index in [0.29, 0.717) is 13.1 Å². The normalized spacial score (nSPS) is 31.8. The van der Waals surface area contributed by atoms with Gasteiger partial charge in [0.2, 0.25) is 0 Å². The molecule has 76 valence electrons. The van der Waals surface area contributed by atoms with E-state index in [-0.39, 0.29) is 5.54 Å². The van der Waals surface area contributed by atoms with Crippen LogP contribution in [-0.4, -0.2) is 29.3 Å². The highest BCUT2D eigenvalue weighted by Gasteiger charge is 2.51. The zero-order chi connectivity index (χ0) is 9.36. The fourth-order valence-corrected chi connectivity index (χ4v) is 2.54. The van der Waals surface area contributed by atoms with E-state index in [4.69, 9.17) is 5.73 Å². The van der Waals surface area contributed by atoms with Gasteiger partial charge in [0.25, 0.3) is 0 Å². The molecule has 0 spiro atoms. The van der Waals surface area contributed by atoms with Gasteiger partial charge in [0, 0.05) is 18.6 Å². The Bertz CT molecular complexity index is 181. The highest BCUT2D eigenvalue weighted by Crippen LogP contribution is 2.35. The van der Waals surface area contributed by atoms with Crippen molar-refractivity contribution in [2.24, 2.45) is 5.73 Å². The van der Waals surface area contributed by atoms with Crippen molar-refractivity contribution in [2.45, 2.75) is 49.7 Å². The van der Waals surface area contributed by atoms with Gasteiger partial charge < -0.3 is 16.2 Å². The summed E-state index contributed by atoms with van der Waals surface area (Å²) in [6, 6.07) is 0. The maximum atomic E-state index is 10.2. The Morgan fingerprint density at radius 1 is 1.00 bits per heavy atom. The Morgan fingerprint density at radius 3 is 1.92 bits per heavy atom. The molecule has 0 bridgehead atoms. The standard InChI is InChI=1S/C10H20N2O/c11-9(10(13)7-12-8-10)5-3-1-2-4-6-9/h12-13H,1-8,11H2. The molecule has 1 saturated heterocycles. The van der Waals surface area contributed by atoms with E-state index in [1.807, 2.05) is 0 Å². The molecule has 4 N–H and O–H groups in total. The molecule has 2 aliphatic rings. The molecule has 0 unspecified atom stereocenters. The molecule has 0 atom stereocenters. The molecule has 1 saturated carbocycles. The molecule has 0 aromatic rings. The van der Waals surface area contributed by atoms with E-state index in [0.717, 1.165) is 12.8 Å². The second-order valence-electron chi connectivity index (χ2n) is 4.71. The topological polar surface area (TPSA) is 58.3 Å². The van der Waals surface area contributed by atoms with Crippen molar-refractivity contribution in [3.63, 3.8) is 0 Å². The van der Waals surface area contributed by atoms with E-state index in [9.17, 15) is 5.11 Å². The van der Waals surface area contributed by atoms with Gasteiger partial charge in [-0.15, -0.1) is 0 Å². The largest absolute Gasteiger partial charge is 0.385 e. The minimum Gasteiger partial charge on any atom is -0.385 e. The van der Waals surface area contributed by atoms with Crippen LogP contribution in [-0.2, 0) is 0 Å². The number of β-amino-alcohol motifs (C(OH)–C–C–N with tert-alkyl or cyclic N) is 1. The monoisotopic (exact) mass is 184 g/mol. The number of hydrogen-bond acceptors (Lipinski definition) is 3. The summed E-state index contributed by atoms with van der Waals surface area (Å²) in [7, 11) is 0. The summed E-state index contributed by atoms with van der Waals surface area (Å²) < 4.78 is 0. The molecule has 1 aliphatic heterocycles. The third-order valence-electron chi connectivity index (χ3n) is 3.76. The van der Waals surface area contributed by atoms with Crippen molar-refractivity contribution >= 4 is 0 Å². The quantitative estimate of drug-likeness (QED) is 0.516. The van der Waals surface area contributed by atoms with Crippen LogP contribution >= 0.6 is 0 Å². The highest BCUT2D eigenvalue weighted by atomic mass is 16.3. The van der Waals surface area contributed by atoms with Crippen LogP contribution in [0.1, 0.15) is 38.5 Å². The van der Waals surface area contributed by atoms with Gasteiger partial charge in [-0.3, -0.25) is 0 Å². The minimum atomic E-state index is -0.614. The number of rotatable bonds is 1. The number of aliphatic hydroxyl groups is 1. The Kier molecular flexibility index (Phi) is 2.34. The SMILES string of the molecule is NC1(C2(O)CNC2)CCCCCC1. The smallest absolute Gasteiger partial charge is 0.107 e. The third kappa shape index (κ3) is 1.49. The lowest BCUT2D eigenvalue weighted by molar-refractivity contribution is -0.0818. The van der Waals surface area contributed by atoms with Crippen LogP contribution < -0.4 is 11.1 Å². The van der Waals surface area contributed by atoms with Crippen LogP contribution in [0.25, 0.3) is 0 Å². The molecule has 2 fully saturated rings. The highest BCUT2D eigenvalue weighted by molar-refractivity contribution is 5.11. The summed E-state index contributed by atoms with van der Waals surface area (Å²) in [6.45, 7) is 1.37. The Balaban J connectivity index is 2.07. The Labute approximate surface area is 79.7 Å². The van der Waals surface area contributed by atoms with E-state index in [1.165, 1.54) is 25.7 Å². The molecule has 13 heavy (non-hydrogen) atoms. The first-order valence-corrected chi connectivity index (χ1v) is 5.38. The molecule has 3 heteroatoms. The molecule has 1 aliphatic carbocycles. The van der Waals surface area contributed by atoms with Gasteiger partial charge in [-0.05, 0) is 12.8 Å². The average molecular weight is 184 g/mol. The number of hydrogen-bond donors (Lipinski definition) is 3. The second kappa shape index (κ2) is 3.23. The fourth-order valence-electron chi connectivity index (χ4n) is 2.54. The number of nitrogens with one attached hydrogen (secondary N) is 1. The first-order valence-electron chi connectivity index (χ1n) is 5.38. The maximum Gasteiger partial charge on any atom is 0.107 e. The van der Waals surface area contributed by atoms with Gasteiger partial charge in [0.15, 0.2) is 0 Å². The van der Waals surface area contributed by atoms with E-state index in [2.05, 4.69) is 5.32 Å². The maximum absolute atomic E-state index is 10.2. The molecular weight excluding hydrogens is 164 g/mol. The molecular formula is C10H20N2O. The summed E-state index contributed by atoms with van der Waals surface area (Å²) in [4.78, 5) is 0. The lowest BCUT2D eigenvalue weighted by atomic mass is 9.71. The van der Waals surface area contributed by atoms with Crippen molar-refractivity contribution in [1.82, 2.24) is 5.32 Å². The van der Waals surface area contributed by atoms with Crippen molar-refractivity contribution in [3.05, 3.63) is 0 Å². The van der Waals surface area contributed by atoms with Gasteiger partial charge in [0.1, 0.15) is 5.60 Å². The second-order valence-corrected chi connectivity index (χ2v) is 4.71. The van der Waals surface area contributed by atoms with Gasteiger partial charge in [0.05, 0.1) is 0 Å². The van der Waals surface area contributed by atoms with Crippen molar-refractivity contribution in [1.29, 1.82) is 0 Å². The predicted molar refractivity (Wildman–Crippen MR) is 52.4 cm³/mol. The molecule has 2 rings (SSSR count). The van der Waals surface area contributed by atoms with E-state index >= 15 is 0 Å². The molecule has 0 radical (unpaired) electrons. The molecule has 3 nitrogen and oxygen atoms in total. The van der Waals surface area contributed by atoms with Crippen molar-refractivity contribution in [2.75, 3.05) is 13.1 Å². The van der Waals surface area contributed by atoms with E-state index < -0.39 is 5.60 Å². The zero-order valence-electron chi connectivity index (χ0n) is 8.18. The molecule has 0 aromatic carbocycles. The van der Waals surface area contributed by atoms with Crippen LogP contribution in [0.4, 0.5) is 0 Å². The third-order valence-corrected chi connectivity index (χ3v) is 3.76. The summed E-state index contributed by atoms with van der Waals surface area (Å²) in [6.07, 6.45) is 6.90. The fraction of sp³-hybridized carbons (Fsp3) is 1.00. The van der Waals surface area contributed by atoms with Gasteiger partial charge in [-0.25, -0.2) is 0 Å². The lowest BCUT2D eigenvalue weighted by Gasteiger charge is -2.50. The van der Waals surface area contributed by atoms with Crippen LogP contribution in [0, 0.1) is 0 Å². The van der Waals surface area contributed by atoms with Gasteiger partial charge >= 0.3 is 0 Å². The molecule has 1 heterocycles. The lowest BCUT2D eigenvalue weighted by Crippen LogP contribution is -2.75. The van der Waals surface area contributed by atoms with Crippen LogP contribution in [0.2, 0.25) is 0 Å². The summed E-state index contributed by atoms with van der Waals surface area (Å²) in [5.74, 6) is 0. The van der Waals surface area contributed by atoms with Crippen LogP contribution in [0.15, 0.2) is 0 Å². The summed E-state index contributed by atoms with van der Waals surface area (Å²) in [5.41, 5.74) is 5.38. The minimum absolute atomic E-state index is 0.311. The molecule has 0 amide bonds.